The quantitative estimate of drug-likeness (QED) is 0.338. The number of nitrogens with zero attached hydrogens (tertiary/aromatic N) is 3. The predicted molar refractivity (Wildman–Crippen MR) is 167 cm³/mol. The average Bonchev–Trinajstić information content (AvgIpc) is 3.46. The SMILES string of the molecule is CC.CC.CC.CN(C)S(=O)(=O)c1ccc(SNc2ccccc2N2CCCCC2CN2CCOCC2)s1. The van der Waals surface area contributed by atoms with Crippen molar-refractivity contribution >= 4 is 44.7 Å². The Hall–Kier alpha value is -1.30. The number of piperidine rings is 1. The smallest absolute Gasteiger partial charge is 0.252 e. The molecule has 0 bridgehead atoms. The minimum Gasteiger partial charge on any atom is -0.379 e. The van der Waals surface area contributed by atoms with Gasteiger partial charge in [-0.1, -0.05) is 53.7 Å². The van der Waals surface area contributed by atoms with Crippen molar-refractivity contribution in [2.75, 3.05) is 63.1 Å². The van der Waals surface area contributed by atoms with E-state index in [9.17, 15) is 8.42 Å². The molecular weight excluding hydrogens is 537 g/mol. The second kappa shape index (κ2) is 18.9. The average molecular weight is 587 g/mol. The summed E-state index contributed by atoms with van der Waals surface area (Å²) in [6.45, 7) is 17.8. The first kappa shape index (κ1) is 34.7. The molecule has 4 rings (SSSR count). The molecule has 10 heteroatoms. The molecule has 0 amide bonds. The number of morpholine rings is 1. The minimum absolute atomic E-state index is 0.363. The molecule has 2 saturated heterocycles. The fraction of sp³-hybridized carbons (Fsp3) is 0.643. The maximum absolute atomic E-state index is 12.4. The molecular formula is C28H50N4O3S3. The van der Waals surface area contributed by atoms with Crippen LogP contribution >= 0.6 is 23.3 Å². The topological polar surface area (TPSA) is 65.1 Å². The van der Waals surface area contributed by atoms with Crippen molar-refractivity contribution in [3.63, 3.8) is 0 Å². The summed E-state index contributed by atoms with van der Waals surface area (Å²) in [5, 5.41) is 0. The van der Waals surface area contributed by atoms with Crippen molar-refractivity contribution in [1.29, 1.82) is 0 Å². The summed E-state index contributed by atoms with van der Waals surface area (Å²) in [5.74, 6) is 0. The minimum atomic E-state index is -3.40. The molecule has 2 fully saturated rings. The zero-order chi connectivity index (χ0) is 28.6. The molecule has 38 heavy (non-hydrogen) atoms. The molecule has 3 heterocycles. The lowest BCUT2D eigenvalue weighted by Gasteiger charge is -2.41. The molecule has 7 nitrogen and oxygen atoms in total. The highest BCUT2D eigenvalue weighted by molar-refractivity contribution is 8.02. The van der Waals surface area contributed by atoms with Crippen LogP contribution in [0.25, 0.3) is 0 Å². The summed E-state index contributed by atoms with van der Waals surface area (Å²) >= 11 is 2.76. The molecule has 0 spiro atoms. The van der Waals surface area contributed by atoms with Crippen molar-refractivity contribution in [2.24, 2.45) is 0 Å². The number of para-hydroxylation sites is 2. The number of benzene rings is 1. The zero-order valence-electron chi connectivity index (χ0n) is 24.7. The number of anilines is 2. The number of hydrogen-bond acceptors (Lipinski definition) is 8. The summed E-state index contributed by atoms with van der Waals surface area (Å²) in [4.78, 5) is 5.08. The Morgan fingerprint density at radius 1 is 0.974 bits per heavy atom. The molecule has 1 N–H and O–H groups in total. The third-order valence-corrected chi connectivity index (χ3v) is 10.3. The van der Waals surface area contributed by atoms with Crippen LogP contribution in [-0.2, 0) is 14.8 Å². The van der Waals surface area contributed by atoms with Gasteiger partial charge >= 0.3 is 0 Å². The van der Waals surface area contributed by atoms with E-state index in [0.29, 0.717) is 10.3 Å². The lowest BCUT2D eigenvalue weighted by Crippen LogP contribution is -2.49. The van der Waals surface area contributed by atoms with E-state index in [2.05, 4.69) is 32.7 Å². The number of ether oxygens (including phenoxy) is 1. The summed E-state index contributed by atoms with van der Waals surface area (Å²) in [5.41, 5.74) is 2.28. The van der Waals surface area contributed by atoms with E-state index in [1.807, 2.05) is 53.7 Å². The zero-order valence-corrected chi connectivity index (χ0v) is 27.1. The van der Waals surface area contributed by atoms with E-state index >= 15 is 0 Å². The summed E-state index contributed by atoms with van der Waals surface area (Å²) in [6.07, 6.45) is 3.68. The van der Waals surface area contributed by atoms with E-state index < -0.39 is 10.0 Å². The van der Waals surface area contributed by atoms with Crippen LogP contribution in [0.15, 0.2) is 44.8 Å². The molecule has 0 aliphatic carbocycles. The van der Waals surface area contributed by atoms with E-state index in [1.165, 1.54) is 52.5 Å². The number of nitrogens with one attached hydrogen (secondary N) is 1. The Morgan fingerprint density at radius 3 is 2.29 bits per heavy atom. The molecule has 218 valence electrons. The second-order valence-corrected chi connectivity index (χ2v) is 12.9. The van der Waals surface area contributed by atoms with Gasteiger partial charge in [-0.25, -0.2) is 12.7 Å². The molecule has 1 unspecified atom stereocenters. The monoisotopic (exact) mass is 586 g/mol. The maximum Gasteiger partial charge on any atom is 0.252 e. The van der Waals surface area contributed by atoms with Crippen molar-refractivity contribution in [2.45, 2.75) is 75.3 Å². The van der Waals surface area contributed by atoms with Crippen LogP contribution in [-0.4, -0.2) is 77.2 Å². The molecule has 0 radical (unpaired) electrons. The summed E-state index contributed by atoms with van der Waals surface area (Å²) < 4.78 is 36.3. The van der Waals surface area contributed by atoms with Crippen LogP contribution in [0.4, 0.5) is 11.4 Å². The Morgan fingerprint density at radius 2 is 1.63 bits per heavy atom. The lowest BCUT2D eigenvalue weighted by molar-refractivity contribution is 0.0339. The van der Waals surface area contributed by atoms with E-state index in [4.69, 9.17) is 4.74 Å². The van der Waals surface area contributed by atoms with Gasteiger partial charge in [0, 0.05) is 46.3 Å². The van der Waals surface area contributed by atoms with E-state index in [-0.39, 0.29) is 0 Å². The van der Waals surface area contributed by atoms with Gasteiger partial charge in [-0.05, 0) is 55.5 Å². The largest absolute Gasteiger partial charge is 0.379 e. The summed E-state index contributed by atoms with van der Waals surface area (Å²) in [6, 6.07) is 12.5. The highest BCUT2D eigenvalue weighted by atomic mass is 32.3. The first-order valence-corrected chi connectivity index (χ1v) is 17.1. The molecule has 1 atom stereocenters. The van der Waals surface area contributed by atoms with Crippen LogP contribution in [0.1, 0.15) is 60.8 Å². The third kappa shape index (κ3) is 10.0. The van der Waals surface area contributed by atoms with Crippen molar-refractivity contribution in [1.82, 2.24) is 9.21 Å². The Bertz CT molecular complexity index is 993. The Labute approximate surface area is 241 Å². The van der Waals surface area contributed by atoms with Gasteiger partial charge < -0.3 is 14.4 Å². The standard InChI is InChI=1S/C22H32N4O3S3.3C2H6/c1-24(2)32(27,28)22-11-10-21(30-22)31-23-19-8-3-4-9-20(19)26-12-6-5-7-18(26)17-25-13-15-29-16-14-25;3*1-2/h3-4,8-11,18,23H,5-7,12-17H2,1-2H3;3*1-2H3. The second-order valence-electron chi connectivity index (χ2n) is 8.34. The molecule has 2 aliphatic heterocycles. The van der Waals surface area contributed by atoms with Crippen molar-refractivity contribution < 1.29 is 13.2 Å². The number of thiophene rings is 1. The third-order valence-electron chi connectivity index (χ3n) is 5.97. The molecule has 2 aromatic rings. The van der Waals surface area contributed by atoms with Gasteiger partial charge in [-0.15, -0.1) is 11.3 Å². The van der Waals surface area contributed by atoms with Crippen LogP contribution in [0.3, 0.4) is 0 Å². The number of sulfonamides is 1. The van der Waals surface area contributed by atoms with Crippen LogP contribution in [0, 0.1) is 0 Å². The number of hydrogen-bond donors (Lipinski definition) is 1. The highest BCUT2D eigenvalue weighted by Gasteiger charge is 2.27. The van der Waals surface area contributed by atoms with Gasteiger partial charge in [0.2, 0.25) is 0 Å². The van der Waals surface area contributed by atoms with Gasteiger partial charge in [0.15, 0.2) is 0 Å². The molecule has 2 aliphatic rings. The molecule has 1 aromatic carbocycles. The van der Waals surface area contributed by atoms with Gasteiger partial charge in [0.1, 0.15) is 4.21 Å². The first-order chi connectivity index (χ1) is 18.4. The van der Waals surface area contributed by atoms with Crippen LogP contribution in [0.2, 0.25) is 0 Å². The Kier molecular flexibility index (Phi) is 17.3. The Balaban J connectivity index is 0.00000112. The van der Waals surface area contributed by atoms with Gasteiger partial charge in [-0.3, -0.25) is 4.90 Å². The normalized spacial score (nSPS) is 17.8. The van der Waals surface area contributed by atoms with Gasteiger partial charge in [0.25, 0.3) is 10.0 Å². The van der Waals surface area contributed by atoms with Crippen molar-refractivity contribution in [3.8, 4) is 0 Å². The maximum atomic E-state index is 12.4. The van der Waals surface area contributed by atoms with Gasteiger partial charge in [0.05, 0.1) is 28.8 Å². The molecule has 1 aromatic heterocycles. The van der Waals surface area contributed by atoms with Crippen LogP contribution in [0.5, 0.6) is 0 Å². The van der Waals surface area contributed by atoms with Crippen LogP contribution < -0.4 is 9.62 Å². The fourth-order valence-electron chi connectivity index (χ4n) is 4.18. The van der Waals surface area contributed by atoms with E-state index in [0.717, 1.165) is 49.3 Å². The number of rotatable bonds is 8. The highest BCUT2D eigenvalue weighted by Crippen LogP contribution is 2.36. The van der Waals surface area contributed by atoms with E-state index in [1.54, 1.807) is 20.2 Å². The van der Waals surface area contributed by atoms with Gasteiger partial charge in [-0.2, -0.15) is 0 Å². The van der Waals surface area contributed by atoms with Crippen molar-refractivity contribution in [3.05, 3.63) is 36.4 Å². The lowest BCUT2D eigenvalue weighted by atomic mass is 10.00. The predicted octanol–water partition coefficient (Wildman–Crippen LogP) is 6.89. The fourth-order valence-corrected chi connectivity index (χ4v) is 7.63. The summed E-state index contributed by atoms with van der Waals surface area (Å²) in [7, 11) is -0.281. The molecule has 0 saturated carbocycles. The first-order valence-electron chi connectivity index (χ1n) is 14.1.